The number of piperidine rings is 1. The first-order valence-corrected chi connectivity index (χ1v) is 4.10. The van der Waals surface area contributed by atoms with Crippen LogP contribution in [0.1, 0.15) is 12.8 Å². The lowest BCUT2D eigenvalue weighted by atomic mass is 10.00. The van der Waals surface area contributed by atoms with E-state index in [9.17, 15) is 9.18 Å². The molecule has 0 saturated carbocycles. The highest BCUT2D eigenvalue weighted by Crippen LogP contribution is 2.13. The van der Waals surface area contributed by atoms with E-state index in [1.54, 1.807) is 0 Å². The van der Waals surface area contributed by atoms with Gasteiger partial charge in [0.05, 0.1) is 0 Å². The van der Waals surface area contributed by atoms with Gasteiger partial charge >= 0.3 is 0 Å². The molecule has 3 heteroatoms. The monoisotopic (exact) mass is 159 g/mol. The molecule has 0 bridgehead atoms. The number of hydrogen-bond donors (Lipinski definition) is 0. The Bertz CT molecular complexity index is 127. The molecule has 1 saturated heterocycles. The van der Waals surface area contributed by atoms with Crippen LogP contribution in [-0.4, -0.2) is 37.5 Å². The number of halogens is 1. The molecule has 0 aliphatic carbocycles. The maximum absolute atomic E-state index is 11.9. The Hall–Kier alpha value is -0.440. The van der Waals surface area contributed by atoms with E-state index in [2.05, 4.69) is 0 Å². The molecule has 11 heavy (non-hydrogen) atoms. The highest BCUT2D eigenvalue weighted by atomic mass is 19.1. The van der Waals surface area contributed by atoms with Gasteiger partial charge in [-0.2, -0.15) is 0 Å². The van der Waals surface area contributed by atoms with Crippen molar-refractivity contribution in [2.24, 2.45) is 5.92 Å². The van der Waals surface area contributed by atoms with Crippen molar-refractivity contribution in [3.05, 3.63) is 0 Å². The van der Waals surface area contributed by atoms with E-state index in [4.69, 9.17) is 0 Å². The smallest absolute Gasteiger partial charge is 0.124 e. The molecule has 0 radical (unpaired) electrons. The molecule has 2 nitrogen and oxygen atoms in total. The van der Waals surface area contributed by atoms with E-state index in [1.165, 1.54) is 0 Å². The van der Waals surface area contributed by atoms with Crippen molar-refractivity contribution in [2.45, 2.75) is 12.8 Å². The summed E-state index contributed by atoms with van der Waals surface area (Å²) < 4.78 is 11.9. The van der Waals surface area contributed by atoms with E-state index >= 15 is 0 Å². The summed E-state index contributed by atoms with van der Waals surface area (Å²) in [6, 6.07) is 0. The van der Waals surface area contributed by atoms with Crippen LogP contribution in [0, 0.1) is 5.92 Å². The topological polar surface area (TPSA) is 20.3 Å². The van der Waals surface area contributed by atoms with Gasteiger partial charge in [0.1, 0.15) is 13.0 Å². The number of carbonyl (C=O) groups excluding carboxylic acids is 1. The third-order valence-electron chi connectivity index (χ3n) is 2.14. The number of hydrogen-bond acceptors (Lipinski definition) is 2. The van der Waals surface area contributed by atoms with Gasteiger partial charge in [-0.3, -0.25) is 0 Å². The zero-order valence-corrected chi connectivity index (χ0v) is 6.63. The van der Waals surface area contributed by atoms with Crippen molar-refractivity contribution < 1.29 is 9.18 Å². The Kier molecular flexibility index (Phi) is 3.49. The van der Waals surface area contributed by atoms with Crippen molar-refractivity contribution in [3.63, 3.8) is 0 Å². The summed E-state index contributed by atoms with van der Waals surface area (Å²) in [4.78, 5) is 12.4. The van der Waals surface area contributed by atoms with E-state index in [0.29, 0.717) is 6.54 Å². The Morgan fingerprint density at radius 2 is 2.45 bits per heavy atom. The van der Waals surface area contributed by atoms with Gasteiger partial charge in [-0.15, -0.1) is 0 Å². The van der Waals surface area contributed by atoms with E-state index < -0.39 is 0 Å². The number of alkyl halides is 1. The van der Waals surface area contributed by atoms with E-state index in [1.807, 2.05) is 4.90 Å². The maximum Gasteiger partial charge on any atom is 0.124 e. The molecule has 1 aliphatic heterocycles. The fraction of sp³-hybridized carbons (Fsp3) is 0.875. The third-order valence-corrected chi connectivity index (χ3v) is 2.14. The molecule has 0 aromatic heterocycles. The van der Waals surface area contributed by atoms with Crippen LogP contribution in [0.15, 0.2) is 0 Å². The lowest BCUT2D eigenvalue weighted by molar-refractivity contribution is -0.112. The van der Waals surface area contributed by atoms with E-state index in [-0.39, 0.29) is 12.6 Å². The minimum absolute atomic E-state index is 0.148. The first kappa shape index (κ1) is 8.65. The van der Waals surface area contributed by atoms with Gasteiger partial charge in [0, 0.05) is 19.0 Å². The highest BCUT2D eigenvalue weighted by Gasteiger charge is 2.18. The summed E-state index contributed by atoms with van der Waals surface area (Å²) in [6.07, 6.45) is 3.00. The predicted molar refractivity (Wildman–Crippen MR) is 41.2 cm³/mol. The highest BCUT2D eigenvalue weighted by molar-refractivity contribution is 5.53. The van der Waals surface area contributed by atoms with Crippen molar-refractivity contribution in [1.82, 2.24) is 4.90 Å². The molecule has 0 aromatic rings. The minimum atomic E-state index is -0.300. The number of likely N-dealkylation sites (tertiary alicyclic amines) is 1. The Balaban J connectivity index is 2.27. The Labute approximate surface area is 66.4 Å². The van der Waals surface area contributed by atoms with Crippen LogP contribution in [0.4, 0.5) is 4.39 Å². The molecule has 1 heterocycles. The maximum atomic E-state index is 11.9. The third kappa shape index (κ3) is 2.58. The summed E-state index contributed by atoms with van der Waals surface area (Å²) in [6.45, 7) is 1.90. The Morgan fingerprint density at radius 1 is 1.64 bits per heavy atom. The summed E-state index contributed by atoms with van der Waals surface area (Å²) in [5, 5.41) is 0. The molecule has 0 aromatic carbocycles. The van der Waals surface area contributed by atoms with Crippen molar-refractivity contribution in [3.8, 4) is 0 Å². The van der Waals surface area contributed by atoms with Crippen LogP contribution in [-0.2, 0) is 4.79 Å². The minimum Gasteiger partial charge on any atom is -0.303 e. The lowest BCUT2D eigenvalue weighted by Crippen LogP contribution is -2.37. The SMILES string of the molecule is O=CC1CCCN(CCF)C1. The number of aldehydes is 1. The van der Waals surface area contributed by atoms with E-state index in [0.717, 1.165) is 32.2 Å². The number of rotatable bonds is 3. The predicted octanol–water partition coefficient (Wildman–Crippen LogP) is 0.867. The molecule has 1 unspecified atom stereocenters. The van der Waals surface area contributed by atoms with Gasteiger partial charge in [-0.1, -0.05) is 0 Å². The van der Waals surface area contributed by atoms with Gasteiger partial charge < -0.3 is 9.69 Å². The summed E-state index contributed by atoms with van der Waals surface area (Å²) in [7, 11) is 0. The molecule has 1 rings (SSSR count). The van der Waals surface area contributed by atoms with Crippen molar-refractivity contribution in [2.75, 3.05) is 26.3 Å². The second-order valence-electron chi connectivity index (χ2n) is 3.03. The molecular formula is C8H14FNO. The average molecular weight is 159 g/mol. The largest absolute Gasteiger partial charge is 0.303 e. The van der Waals surface area contributed by atoms with Crippen molar-refractivity contribution >= 4 is 6.29 Å². The lowest BCUT2D eigenvalue weighted by Gasteiger charge is -2.28. The Morgan fingerprint density at radius 3 is 3.09 bits per heavy atom. The summed E-state index contributed by atoms with van der Waals surface area (Å²) in [5.74, 6) is 0.148. The first-order valence-electron chi connectivity index (χ1n) is 4.10. The average Bonchev–Trinajstić information content (AvgIpc) is 2.06. The molecule has 0 spiro atoms. The van der Waals surface area contributed by atoms with Crippen LogP contribution in [0.2, 0.25) is 0 Å². The molecule has 64 valence electrons. The molecular weight excluding hydrogens is 145 g/mol. The molecule has 0 amide bonds. The zero-order valence-electron chi connectivity index (χ0n) is 6.63. The molecule has 1 atom stereocenters. The van der Waals surface area contributed by atoms with Crippen LogP contribution in [0.5, 0.6) is 0 Å². The molecule has 1 fully saturated rings. The normalized spacial score (nSPS) is 26.8. The van der Waals surface area contributed by atoms with Crippen LogP contribution in [0.25, 0.3) is 0 Å². The van der Waals surface area contributed by atoms with Gasteiger partial charge in [0.25, 0.3) is 0 Å². The summed E-state index contributed by atoms with van der Waals surface area (Å²) >= 11 is 0. The fourth-order valence-corrected chi connectivity index (χ4v) is 1.52. The zero-order chi connectivity index (χ0) is 8.10. The summed E-state index contributed by atoms with van der Waals surface area (Å²) in [5.41, 5.74) is 0. The number of carbonyl (C=O) groups is 1. The molecule has 0 N–H and O–H groups in total. The van der Waals surface area contributed by atoms with Gasteiger partial charge in [-0.05, 0) is 19.4 Å². The first-order chi connectivity index (χ1) is 5.36. The number of nitrogens with zero attached hydrogens (tertiary/aromatic N) is 1. The van der Waals surface area contributed by atoms with Crippen LogP contribution in [0.3, 0.4) is 0 Å². The van der Waals surface area contributed by atoms with Gasteiger partial charge in [0.15, 0.2) is 0 Å². The second kappa shape index (κ2) is 4.44. The van der Waals surface area contributed by atoms with Crippen LogP contribution < -0.4 is 0 Å². The van der Waals surface area contributed by atoms with Crippen molar-refractivity contribution in [1.29, 1.82) is 0 Å². The second-order valence-corrected chi connectivity index (χ2v) is 3.03. The molecule has 1 aliphatic rings. The van der Waals surface area contributed by atoms with Gasteiger partial charge in [-0.25, -0.2) is 4.39 Å². The van der Waals surface area contributed by atoms with Crippen LogP contribution >= 0.6 is 0 Å². The standard InChI is InChI=1S/C8H14FNO/c9-3-5-10-4-1-2-8(6-10)7-11/h7-8H,1-6H2. The van der Waals surface area contributed by atoms with Gasteiger partial charge in [0.2, 0.25) is 0 Å². The fourth-order valence-electron chi connectivity index (χ4n) is 1.52. The quantitative estimate of drug-likeness (QED) is 0.569.